The number of benzene rings is 2. The summed E-state index contributed by atoms with van der Waals surface area (Å²) in [5.41, 5.74) is 3.78. The van der Waals surface area contributed by atoms with Crippen LogP contribution in [0.3, 0.4) is 0 Å². The lowest BCUT2D eigenvalue weighted by Gasteiger charge is -2.25. The molecule has 0 atom stereocenters. The van der Waals surface area contributed by atoms with Crippen molar-refractivity contribution in [3.8, 4) is 6.07 Å². The Bertz CT molecular complexity index is 1310. The van der Waals surface area contributed by atoms with E-state index in [2.05, 4.69) is 39.6 Å². The smallest absolute Gasteiger partial charge is 0.264 e. The van der Waals surface area contributed by atoms with E-state index in [1.807, 2.05) is 53.2 Å². The Balaban J connectivity index is 1.21. The molecule has 6 nitrogen and oxygen atoms in total. The number of imidazole rings is 1. The monoisotopic (exact) mass is 473 g/mol. The molecule has 2 aromatic heterocycles. The van der Waals surface area contributed by atoms with Crippen LogP contribution in [-0.2, 0) is 13.0 Å². The number of hydrogen-bond donors (Lipinski definition) is 2. The Morgan fingerprint density at radius 2 is 1.97 bits per heavy atom. The molecule has 1 aliphatic heterocycles. The standard InChI is InChI=1S/C25H23N5OS2/c26-14-18-3-1-17(2-4-18)11-24-28-16-21(29-24)15-27-20-5-6-22-19(12-20)13-23(33-22)25(31)30-7-9-32-10-8-30/h1-6,12-13,16,27H,7-11,15H2,(H,28,29). The van der Waals surface area contributed by atoms with Crippen molar-refractivity contribution in [1.29, 1.82) is 5.26 Å². The number of nitrogens with zero attached hydrogens (tertiary/aromatic N) is 3. The molecule has 8 heteroatoms. The van der Waals surface area contributed by atoms with Gasteiger partial charge >= 0.3 is 0 Å². The molecule has 5 rings (SSSR count). The predicted molar refractivity (Wildman–Crippen MR) is 135 cm³/mol. The topological polar surface area (TPSA) is 84.8 Å². The Kier molecular flexibility index (Phi) is 6.33. The zero-order valence-electron chi connectivity index (χ0n) is 18.0. The quantitative estimate of drug-likeness (QED) is 0.417. The summed E-state index contributed by atoms with van der Waals surface area (Å²) >= 11 is 3.48. The fourth-order valence-electron chi connectivity index (χ4n) is 3.85. The van der Waals surface area contributed by atoms with Gasteiger partial charge in [0.15, 0.2) is 0 Å². The van der Waals surface area contributed by atoms with Crippen LogP contribution in [0.25, 0.3) is 10.1 Å². The second kappa shape index (κ2) is 9.69. The molecule has 0 aliphatic carbocycles. The Morgan fingerprint density at radius 3 is 2.76 bits per heavy atom. The van der Waals surface area contributed by atoms with Crippen LogP contribution >= 0.6 is 23.1 Å². The molecule has 0 spiro atoms. The van der Waals surface area contributed by atoms with Gasteiger partial charge in [0.2, 0.25) is 0 Å². The number of hydrogen-bond acceptors (Lipinski definition) is 6. The van der Waals surface area contributed by atoms with Crippen LogP contribution in [0.1, 0.15) is 32.3 Å². The molecule has 0 bridgehead atoms. The van der Waals surface area contributed by atoms with Gasteiger partial charge in [0.25, 0.3) is 5.91 Å². The van der Waals surface area contributed by atoms with E-state index in [1.165, 1.54) is 0 Å². The molecular weight excluding hydrogens is 450 g/mol. The number of thioether (sulfide) groups is 1. The van der Waals surface area contributed by atoms with Crippen molar-refractivity contribution in [3.05, 3.63) is 82.3 Å². The first-order valence-corrected chi connectivity index (χ1v) is 12.8. The van der Waals surface area contributed by atoms with Crippen molar-refractivity contribution in [2.24, 2.45) is 0 Å². The summed E-state index contributed by atoms with van der Waals surface area (Å²) in [6.07, 6.45) is 2.54. The van der Waals surface area contributed by atoms with Gasteiger partial charge in [0, 0.05) is 41.4 Å². The number of fused-ring (bicyclic) bond motifs is 1. The minimum atomic E-state index is 0.151. The van der Waals surface area contributed by atoms with Crippen LogP contribution < -0.4 is 5.32 Å². The van der Waals surface area contributed by atoms with Gasteiger partial charge in [0.1, 0.15) is 5.82 Å². The minimum Gasteiger partial charge on any atom is -0.379 e. The van der Waals surface area contributed by atoms with Crippen LogP contribution in [0.5, 0.6) is 0 Å². The first-order valence-electron chi connectivity index (χ1n) is 10.8. The molecule has 1 saturated heterocycles. The summed E-state index contributed by atoms with van der Waals surface area (Å²) < 4.78 is 1.13. The number of amides is 1. The number of aromatic amines is 1. The van der Waals surface area contributed by atoms with Gasteiger partial charge in [-0.15, -0.1) is 11.3 Å². The van der Waals surface area contributed by atoms with Gasteiger partial charge in [-0.25, -0.2) is 4.98 Å². The van der Waals surface area contributed by atoms with Crippen molar-refractivity contribution in [2.75, 3.05) is 29.9 Å². The maximum atomic E-state index is 12.8. The molecular formula is C25H23N5OS2. The third kappa shape index (κ3) is 5.05. The maximum absolute atomic E-state index is 12.8. The van der Waals surface area contributed by atoms with Gasteiger partial charge in [-0.1, -0.05) is 12.1 Å². The largest absolute Gasteiger partial charge is 0.379 e. The summed E-state index contributed by atoms with van der Waals surface area (Å²) in [6.45, 7) is 2.30. The van der Waals surface area contributed by atoms with E-state index in [1.54, 1.807) is 11.3 Å². The van der Waals surface area contributed by atoms with Crippen molar-refractivity contribution < 1.29 is 4.79 Å². The molecule has 1 aliphatic rings. The molecule has 0 saturated carbocycles. The van der Waals surface area contributed by atoms with Crippen LogP contribution in [-0.4, -0.2) is 45.4 Å². The zero-order valence-corrected chi connectivity index (χ0v) is 19.6. The van der Waals surface area contributed by atoms with Crippen LogP contribution in [0, 0.1) is 11.3 Å². The zero-order chi connectivity index (χ0) is 22.6. The number of nitrogens with one attached hydrogen (secondary N) is 2. The first kappa shape index (κ1) is 21.6. The van der Waals surface area contributed by atoms with Crippen LogP contribution in [0.15, 0.2) is 54.7 Å². The van der Waals surface area contributed by atoms with Crippen molar-refractivity contribution in [1.82, 2.24) is 14.9 Å². The highest BCUT2D eigenvalue weighted by molar-refractivity contribution is 7.99. The number of carbonyl (C=O) groups is 1. The lowest BCUT2D eigenvalue weighted by Crippen LogP contribution is -2.37. The van der Waals surface area contributed by atoms with E-state index in [0.717, 1.165) is 62.3 Å². The second-order valence-corrected chi connectivity index (χ2v) is 10.3. The van der Waals surface area contributed by atoms with Crippen molar-refractivity contribution in [3.63, 3.8) is 0 Å². The highest BCUT2D eigenvalue weighted by Crippen LogP contribution is 2.29. The molecule has 2 N–H and O–H groups in total. The molecule has 0 unspecified atom stereocenters. The average Bonchev–Trinajstić information content (AvgIpc) is 3.49. The molecule has 3 heterocycles. The number of rotatable bonds is 6. The maximum Gasteiger partial charge on any atom is 0.264 e. The molecule has 0 radical (unpaired) electrons. The highest BCUT2D eigenvalue weighted by Gasteiger charge is 2.20. The lowest BCUT2D eigenvalue weighted by atomic mass is 10.1. The minimum absolute atomic E-state index is 0.151. The number of aromatic nitrogens is 2. The highest BCUT2D eigenvalue weighted by atomic mass is 32.2. The van der Waals surface area contributed by atoms with Gasteiger partial charge in [-0.3, -0.25) is 4.79 Å². The van der Waals surface area contributed by atoms with E-state index in [9.17, 15) is 4.79 Å². The number of thiophene rings is 1. The van der Waals surface area contributed by atoms with Crippen molar-refractivity contribution >= 4 is 44.8 Å². The summed E-state index contributed by atoms with van der Waals surface area (Å²) in [5, 5.41) is 13.5. The lowest BCUT2D eigenvalue weighted by molar-refractivity contribution is 0.0777. The third-order valence-corrected chi connectivity index (χ3v) is 7.69. The summed E-state index contributed by atoms with van der Waals surface area (Å²) in [5.74, 6) is 3.09. The molecule has 166 valence electrons. The van der Waals surface area contributed by atoms with Gasteiger partial charge in [-0.05, 0) is 47.3 Å². The molecule has 33 heavy (non-hydrogen) atoms. The fourth-order valence-corrected chi connectivity index (χ4v) is 5.77. The number of H-pyrrole nitrogens is 1. The van der Waals surface area contributed by atoms with E-state index < -0.39 is 0 Å². The fraction of sp³-hybridized carbons (Fsp3) is 0.240. The Morgan fingerprint density at radius 1 is 1.15 bits per heavy atom. The SMILES string of the molecule is N#Cc1ccc(Cc2ncc(CNc3ccc4sc(C(=O)N5CCSCC5)cc4c3)[nH]2)cc1. The molecule has 2 aromatic carbocycles. The van der Waals surface area contributed by atoms with E-state index in [-0.39, 0.29) is 5.91 Å². The number of anilines is 1. The Labute approximate surface area is 200 Å². The average molecular weight is 474 g/mol. The summed E-state index contributed by atoms with van der Waals surface area (Å²) in [7, 11) is 0. The molecule has 4 aromatic rings. The Hall–Kier alpha value is -3.28. The van der Waals surface area contributed by atoms with Crippen LogP contribution in [0.4, 0.5) is 5.69 Å². The predicted octanol–water partition coefficient (Wildman–Crippen LogP) is 4.89. The first-order chi connectivity index (χ1) is 16.2. The van der Waals surface area contributed by atoms with Crippen LogP contribution in [0.2, 0.25) is 0 Å². The summed E-state index contributed by atoms with van der Waals surface area (Å²) in [6, 6.07) is 17.9. The number of nitriles is 1. The molecule has 1 amide bonds. The number of carbonyl (C=O) groups excluding carboxylic acids is 1. The van der Waals surface area contributed by atoms with E-state index in [0.29, 0.717) is 18.5 Å². The second-order valence-electron chi connectivity index (χ2n) is 7.96. The summed E-state index contributed by atoms with van der Waals surface area (Å²) in [4.78, 5) is 23.4. The molecule has 1 fully saturated rings. The van der Waals surface area contributed by atoms with Gasteiger partial charge < -0.3 is 15.2 Å². The van der Waals surface area contributed by atoms with Gasteiger partial charge in [0.05, 0.1) is 34.9 Å². The normalized spacial score (nSPS) is 13.7. The van der Waals surface area contributed by atoms with Gasteiger partial charge in [-0.2, -0.15) is 17.0 Å². The van der Waals surface area contributed by atoms with E-state index >= 15 is 0 Å². The van der Waals surface area contributed by atoms with E-state index in [4.69, 9.17) is 5.26 Å². The third-order valence-electron chi connectivity index (χ3n) is 5.64. The van der Waals surface area contributed by atoms with Crippen molar-refractivity contribution in [2.45, 2.75) is 13.0 Å².